The number of para-hydroxylation sites is 1. The van der Waals surface area contributed by atoms with Crippen molar-refractivity contribution >= 4 is 16.8 Å². The first-order valence-electron chi connectivity index (χ1n) is 11.1. The fourth-order valence-corrected chi connectivity index (χ4v) is 4.13. The van der Waals surface area contributed by atoms with E-state index in [4.69, 9.17) is 9.72 Å². The highest BCUT2D eigenvalue weighted by atomic mass is 19.1. The number of halogens is 1. The number of aryl methyl sites for hydroxylation is 1. The van der Waals surface area contributed by atoms with E-state index >= 15 is 0 Å². The Morgan fingerprint density at radius 1 is 1.12 bits per heavy atom. The highest BCUT2D eigenvalue weighted by molar-refractivity contribution is 5.94. The zero-order valence-electron chi connectivity index (χ0n) is 19.6. The Kier molecular flexibility index (Phi) is 6.45. The highest BCUT2D eigenvalue weighted by Crippen LogP contribution is 2.29. The summed E-state index contributed by atoms with van der Waals surface area (Å²) in [6.07, 6.45) is 0. The second-order valence-corrected chi connectivity index (χ2v) is 8.08. The molecule has 0 saturated carbocycles. The number of ether oxygens (including phenoxy) is 1. The first-order chi connectivity index (χ1) is 16.3. The van der Waals surface area contributed by atoms with Gasteiger partial charge >= 0.3 is 0 Å². The monoisotopic (exact) mass is 459 g/mol. The van der Waals surface area contributed by atoms with Gasteiger partial charge in [-0.3, -0.25) is 14.2 Å². The van der Waals surface area contributed by atoms with Crippen molar-refractivity contribution in [1.82, 2.24) is 14.5 Å². The molecule has 0 saturated heterocycles. The molecule has 1 heterocycles. The summed E-state index contributed by atoms with van der Waals surface area (Å²) in [6, 6.07) is 17.6. The minimum atomic E-state index is -0.565. The first-order valence-corrected chi connectivity index (χ1v) is 11.1. The van der Waals surface area contributed by atoms with E-state index in [2.05, 4.69) is 0 Å². The predicted octanol–water partition coefficient (Wildman–Crippen LogP) is 5.07. The number of methoxy groups -OCH3 is 1. The van der Waals surface area contributed by atoms with E-state index in [0.717, 1.165) is 5.56 Å². The fourth-order valence-electron chi connectivity index (χ4n) is 4.13. The van der Waals surface area contributed by atoms with Gasteiger partial charge in [-0.2, -0.15) is 0 Å². The van der Waals surface area contributed by atoms with Crippen LogP contribution < -0.4 is 10.3 Å². The molecular weight excluding hydrogens is 433 g/mol. The van der Waals surface area contributed by atoms with Crippen LogP contribution in [0.1, 0.15) is 41.6 Å². The van der Waals surface area contributed by atoms with Crippen LogP contribution in [0.15, 0.2) is 71.5 Å². The predicted molar refractivity (Wildman–Crippen MR) is 130 cm³/mol. The average molecular weight is 460 g/mol. The molecule has 0 N–H and O–H groups in total. The van der Waals surface area contributed by atoms with E-state index in [9.17, 15) is 14.0 Å². The third-order valence-corrected chi connectivity index (χ3v) is 5.91. The standard InChI is InChI=1S/C27H26FN3O3/c1-5-30(26(32)19-11-13-20(28)14-12-19)18(3)25-29-22-9-7-6-8-21(22)27(33)31(25)23-16-17(2)10-15-24(23)34-4/h6-16,18H,5H2,1-4H3. The van der Waals surface area contributed by atoms with E-state index in [1.165, 1.54) is 28.8 Å². The van der Waals surface area contributed by atoms with Crippen LogP contribution in [-0.4, -0.2) is 34.0 Å². The number of nitrogens with zero attached hydrogens (tertiary/aromatic N) is 3. The smallest absolute Gasteiger partial charge is 0.266 e. The van der Waals surface area contributed by atoms with Crippen LogP contribution in [0.5, 0.6) is 5.75 Å². The molecule has 1 atom stereocenters. The van der Waals surface area contributed by atoms with E-state index in [1.54, 1.807) is 30.2 Å². The third kappa shape index (κ3) is 4.17. The average Bonchev–Trinajstić information content (AvgIpc) is 2.84. The maximum Gasteiger partial charge on any atom is 0.266 e. The molecule has 6 nitrogen and oxygen atoms in total. The fraction of sp³-hybridized carbons (Fsp3) is 0.222. The number of amides is 1. The van der Waals surface area contributed by atoms with Gasteiger partial charge in [0.15, 0.2) is 0 Å². The number of fused-ring (bicyclic) bond motifs is 1. The quantitative estimate of drug-likeness (QED) is 0.404. The molecule has 0 aliphatic carbocycles. The van der Waals surface area contributed by atoms with Crippen LogP contribution in [0.4, 0.5) is 4.39 Å². The molecule has 7 heteroatoms. The molecule has 0 bridgehead atoms. The summed E-state index contributed by atoms with van der Waals surface area (Å²) in [4.78, 5) is 33.5. The van der Waals surface area contributed by atoms with Crippen molar-refractivity contribution < 1.29 is 13.9 Å². The molecule has 1 amide bonds. The molecule has 0 radical (unpaired) electrons. The largest absolute Gasteiger partial charge is 0.495 e. The zero-order valence-corrected chi connectivity index (χ0v) is 19.6. The molecule has 0 aliphatic heterocycles. The summed E-state index contributed by atoms with van der Waals surface area (Å²) in [5.74, 6) is 0.237. The first kappa shape index (κ1) is 23.2. The van der Waals surface area contributed by atoms with Crippen molar-refractivity contribution in [1.29, 1.82) is 0 Å². The Morgan fingerprint density at radius 2 is 1.82 bits per heavy atom. The van der Waals surface area contributed by atoms with Gasteiger partial charge in [0.1, 0.15) is 17.4 Å². The minimum Gasteiger partial charge on any atom is -0.495 e. The summed E-state index contributed by atoms with van der Waals surface area (Å²) < 4.78 is 20.5. The van der Waals surface area contributed by atoms with E-state index in [0.29, 0.717) is 40.3 Å². The Morgan fingerprint density at radius 3 is 2.50 bits per heavy atom. The molecule has 0 aliphatic rings. The van der Waals surface area contributed by atoms with Crippen LogP contribution in [0.25, 0.3) is 16.6 Å². The third-order valence-electron chi connectivity index (χ3n) is 5.91. The summed E-state index contributed by atoms with van der Waals surface area (Å²) >= 11 is 0. The Balaban J connectivity index is 1.94. The van der Waals surface area contributed by atoms with E-state index in [1.807, 2.05) is 45.0 Å². The maximum absolute atomic E-state index is 13.7. The van der Waals surface area contributed by atoms with Crippen LogP contribution >= 0.6 is 0 Å². The van der Waals surface area contributed by atoms with Crippen molar-refractivity contribution in [2.75, 3.05) is 13.7 Å². The molecule has 0 fully saturated rings. The second kappa shape index (κ2) is 9.47. The molecular formula is C27H26FN3O3. The molecule has 0 spiro atoms. The molecule has 1 unspecified atom stereocenters. The molecule has 174 valence electrons. The molecule has 34 heavy (non-hydrogen) atoms. The van der Waals surface area contributed by atoms with Gasteiger partial charge in [0, 0.05) is 12.1 Å². The van der Waals surface area contributed by atoms with Gasteiger partial charge in [0.05, 0.1) is 29.7 Å². The molecule has 4 aromatic rings. The van der Waals surface area contributed by atoms with Crippen molar-refractivity contribution in [3.63, 3.8) is 0 Å². The number of benzene rings is 3. The van der Waals surface area contributed by atoms with Crippen molar-refractivity contribution in [3.8, 4) is 11.4 Å². The van der Waals surface area contributed by atoms with Crippen LogP contribution in [-0.2, 0) is 0 Å². The number of carbonyl (C=O) groups excluding carboxylic acids is 1. The van der Waals surface area contributed by atoms with Crippen LogP contribution in [0, 0.1) is 12.7 Å². The van der Waals surface area contributed by atoms with Gasteiger partial charge in [0.2, 0.25) is 0 Å². The number of hydrogen-bond acceptors (Lipinski definition) is 4. The molecule has 1 aromatic heterocycles. The van der Waals surface area contributed by atoms with Gasteiger partial charge < -0.3 is 9.64 Å². The topological polar surface area (TPSA) is 64.4 Å². The zero-order chi connectivity index (χ0) is 24.4. The lowest BCUT2D eigenvalue weighted by atomic mass is 10.1. The lowest BCUT2D eigenvalue weighted by molar-refractivity contribution is 0.0693. The van der Waals surface area contributed by atoms with E-state index in [-0.39, 0.29) is 11.5 Å². The number of rotatable bonds is 6. The molecule has 3 aromatic carbocycles. The Bertz CT molecular complexity index is 1410. The number of hydrogen-bond donors (Lipinski definition) is 0. The summed E-state index contributed by atoms with van der Waals surface area (Å²) in [7, 11) is 1.55. The van der Waals surface area contributed by atoms with Gasteiger partial charge in [0.25, 0.3) is 11.5 Å². The van der Waals surface area contributed by atoms with Gasteiger partial charge in [-0.1, -0.05) is 18.2 Å². The van der Waals surface area contributed by atoms with Gasteiger partial charge in [-0.05, 0) is 74.9 Å². The Hall–Kier alpha value is -4.00. The summed E-state index contributed by atoms with van der Waals surface area (Å²) in [5.41, 5.74) is 2.16. The minimum absolute atomic E-state index is 0.248. The SMILES string of the molecule is CCN(C(=O)c1ccc(F)cc1)C(C)c1nc2ccccc2c(=O)n1-c1cc(C)ccc1OC. The van der Waals surface area contributed by atoms with Crippen LogP contribution in [0.2, 0.25) is 0 Å². The summed E-state index contributed by atoms with van der Waals surface area (Å²) in [6.45, 7) is 5.99. The normalized spacial score (nSPS) is 11.9. The lowest BCUT2D eigenvalue weighted by Gasteiger charge is -2.30. The highest BCUT2D eigenvalue weighted by Gasteiger charge is 2.27. The molecule has 4 rings (SSSR count). The van der Waals surface area contributed by atoms with Crippen molar-refractivity contribution in [2.24, 2.45) is 0 Å². The van der Waals surface area contributed by atoms with Crippen molar-refractivity contribution in [2.45, 2.75) is 26.8 Å². The second-order valence-electron chi connectivity index (χ2n) is 8.08. The number of aromatic nitrogens is 2. The number of carbonyl (C=O) groups is 1. The maximum atomic E-state index is 13.7. The van der Waals surface area contributed by atoms with E-state index < -0.39 is 11.9 Å². The Labute approximate surface area is 197 Å². The van der Waals surface area contributed by atoms with Crippen LogP contribution in [0.3, 0.4) is 0 Å². The lowest BCUT2D eigenvalue weighted by Crippen LogP contribution is -2.37. The van der Waals surface area contributed by atoms with Crippen molar-refractivity contribution in [3.05, 3.63) is 99.9 Å². The summed E-state index contributed by atoms with van der Waals surface area (Å²) in [5, 5.41) is 0.468. The van der Waals surface area contributed by atoms with Gasteiger partial charge in [-0.15, -0.1) is 0 Å². The van der Waals surface area contributed by atoms with Gasteiger partial charge in [-0.25, -0.2) is 9.37 Å².